The average Bonchev–Trinajstić information content (AvgIpc) is 2.34. The Hall–Kier alpha value is -1.24. The van der Waals surface area contributed by atoms with E-state index in [4.69, 9.17) is 19.3 Å². The summed E-state index contributed by atoms with van der Waals surface area (Å²) in [6.07, 6.45) is 2.98. The van der Waals surface area contributed by atoms with Crippen LogP contribution in [0.1, 0.15) is 5.69 Å². The number of rotatable bonds is 8. The Labute approximate surface area is 94.2 Å². The third-order valence-corrected chi connectivity index (χ3v) is 1.73. The van der Waals surface area contributed by atoms with Gasteiger partial charge in [-0.2, -0.15) is 0 Å². The second kappa shape index (κ2) is 7.98. The Kier molecular flexibility index (Phi) is 6.39. The summed E-state index contributed by atoms with van der Waals surface area (Å²) < 4.78 is 15.3. The van der Waals surface area contributed by atoms with Crippen molar-refractivity contribution in [3.05, 3.63) is 18.1 Å². The van der Waals surface area contributed by atoms with Gasteiger partial charge in [-0.05, 0) is 0 Å². The normalized spacial score (nSPS) is 10.4. The molecule has 1 aromatic heterocycles. The van der Waals surface area contributed by atoms with Gasteiger partial charge in [-0.25, -0.2) is 4.98 Å². The molecule has 90 valence electrons. The minimum atomic E-state index is -0.144. The molecule has 6 heteroatoms. The van der Waals surface area contributed by atoms with E-state index in [9.17, 15) is 0 Å². The highest BCUT2D eigenvalue weighted by molar-refractivity contribution is 5.07. The molecule has 0 unspecified atom stereocenters. The highest BCUT2D eigenvalue weighted by Crippen LogP contribution is 2.04. The molecule has 1 aromatic rings. The summed E-state index contributed by atoms with van der Waals surface area (Å²) in [5.41, 5.74) is 0.484. The van der Waals surface area contributed by atoms with Gasteiger partial charge < -0.3 is 19.3 Å². The van der Waals surface area contributed by atoms with Gasteiger partial charge >= 0.3 is 0 Å². The van der Waals surface area contributed by atoms with Crippen LogP contribution in [0.2, 0.25) is 0 Å². The second-order valence-electron chi connectivity index (χ2n) is 2.96. The van der Waals surface area contributed by atoms with Crippen LogP contribution in [0.15, 0.2) is 12.4 Å². The fourth-order valence-electron chi connectivity index (χ4n) is 0.982. The van der Waals surface area contributed by atoms with Crippen molar-refractivity contribution in [2.24, 2.45) is 0 Å². The van der Waals surface area contributed by atoms with Gasteiger partial charge in [-0.15, -0.1) is 0 Å². The zero-order chi connectivity index (χ0) is 11.6. The Morgan fingerprint density at radius 3 is 2.75 bits per heavy atom. The molecule has 0 aromatic carbocycles. The van der Waals surface area contributed by atoms with E-state index in [0.29, 0.717) is 38.0 Å². The Morgan fingerprint density at radius 2 is 2.00 bits per heavy atom. The summed E-state index contributed by atoms with van der Waals surface area (Å²) in [5.74, 6) is 0.391. The predicted octanol–water partition coefficient (Wildman–Crippen LogP) is 0.0107. The summed E-state index contributed by atoms with van der Waals surface area (Å²) in [6, 6.07) is 0. The summed E-state index contributed by atoms with van der Waals surface area (Å²) in [7, 11) is 1.62. The molecule has 0 spiro atoms. The topological polar surface area (TPSA) is 73.7 Å². The molecule has 0 fully saturated rings. The van der Waals surface area contributed by atoms with Crippen LogP contribution in [0.5, 0.6) is 5.88 Å². The van der Waals surface area contributed by atoms with E-state index in [1.54, 1.807) is 7.11 Å². The number of aliphatic hydroxyl groups excluding tert-OH is 1. The average molecular weight is 228 g/mol. The molecular formula is C10H16N2O4. The quantitative estimate of drug-likeness (QED) is 0.632. The van der Waals surface area contributed by atoms with Crippen molar-refractivity contribution in [3.8, 4) is 5.88 Å². The van der Waals surface area contributed by atoms with Gasteiger partial charge in [0.1, 0.15) is 6.61 Å². The summed E-state index contributed by atoms with van der Waals surface area (Å²) >= 11 is 0. The number of ether oxygens (including phenoxy) is 3. The lowest BCUT2D eigenvalue weighted by Gasteiger charge is -2.06. The molecule has 0 atom stereocenters. The number of aliphatic hydroxyl groups is 1. The van der Waals surface area contributed by atoms with Crippen LogP contribution < -0.4 is 4.74 Å². The van der Waals surface area contributed by atoms with Gasteiger partial charge in [-0.1, -0.05) is 0 Å². The van der Waals surface area contributed by atoms with Crippen molar-refractivity contribution >= 4 is 0 Å². The van der Waals surface area contributed by atoms with Gasteiger partial charge in [0.25, 0.3) is 0 Å². The van der Waals surface area contributed by atoms with E-state index >= 15 is 0 Å². The van der Waals surface area contributed by atoms with E-state index < -0.39 is 0 Å². The molecule has 1 rings (SSSR count). The third kappa shape index (κ3) is 5.01. The minimum absolute atomic E-state index is 0.144. The van der Waals surface area contributed by atoms with Crippen LogP contribution in [0.3, 0.4) is 0 Å². The lowest BCUT2D eigenvalue weighted by atomic mass is 10.5. The van der Waals surface area contributed by atoms with Gasteiger partial charge in [0.2, 0.25) is 5.88 Å². The third-order valence-electron chi connectivity index (χ3n) is 1.73. The number of hydrogen-bond acceptors (Lipinski definition) is 6. The minimum Gasteiger partial charge on any atom is -0.474 e. The molecule has 6 nitrogen and oxygen atoms in total. The zero-order valence-corrected chi connectivity index (χ0v) is 9.26. The molecule has 0 aliphatic carbocycles. The highest BCUT2D eigenvalue weighted by atomic mass is 16.5. The van der Waals surface area contributed by atoms with E-state index in [1.165, 1.54) is 12.4 Å². The molecule has 1 N–H and O–H groups in total. The van der Waals surface area contributed by atoms with Crippen LogP contribution in [0.4, 0.5) is 0 Å². The van der Waals surface area contributed by atoms with E-state index in [2.05, 4.69) is 9.97 Å². The molecule has 0 saturated heterocycles. The molecule has 0 radical (unpaired) electrons. The first-order chi connectivity index (χ1) is 7.86. The number of nitrogens with zero attached hydrogens (tertiary/aromatic N) is 2. The van der Waals surface area contributed by atoms with Crippen LogP contribution >= 0.6 is 0 Å². The van der Waals surface area contributed by atoms with E-state index in [0.717, 1.165) is 0 Å². The highest BCUT2D eigenvalue weighted by Gasteiger charge is 1.98. The van der Waals surface area contributed by atoms with Crippen molar-refractivity contribution in [2.45, 2.75) is 6.61 Å². The fourth-order valence-corrected chi connectivity index (χ4v) is 0.982. The first-order valence-electron chi connectivity index (χ1n) is 4.98. The van der Waals surface area contributed by atoms with Crippen LogP contribution in [-0.2, 0) is 16.1 Å². The Morgan fingerprint density at radius 1 is 1.19 bits per heavy atom. The number of aromatic nitrogens is 2. The van der Waals surface area contributed by atoms with Crippen molar-refractivity contribution < 1.29 is 19.3 Å². The van der Waals surface area contributed by atoms with Crippen molar-refractivity contribution in [1.29, 1.82) is 0 Å². The second-order valence-corrected chi connectivity index (χ2v) is 2.96. The standard InChI is InChI=1S/C10H16N2O4/c1-14-2-3-15-4-5-16-10-7-11-6-9(8-13)12-10/h6-7,13H,2-5,8H2,1H3. The van der Waals surface area contributed by atoms with Gasteiger partial charge in [0.05, 0.1) is 44.5 Å². The molecule has 0 aliphatic heterocycles. The Bertz CT molecular complexity index is 296. The monoisotopic (exact) mass is 228 g/mol. The number of hydrogen-bond donors (Lipinski definition) is 1. The van der Waals surface area contributed by atoms with Gasteiger partial charge in [0.15, 0.2) is 0 Å². The zero-order valence-electron chi connectivity index (χ0n) is 9.26. The van der Waals surface area contributed by atoms with Crippen LogP contribution in [0.25, 0.3) is 0 Å². The number of methoxy groups -OCH3 is 1. The summed E-state index contributed by atoms with van der Waals surface area (Å²) in [6.45, 7) is 1.83. The molecule has 0 bridgehead atoms. The Balaban J connectivity index is 2.16. The molecule has 16 heavy (non-hydrogen) atoms. The smallest absolute Gasteiger partial charge is 0.232 e. The maximum absolute atomic E-state index is 8.83. The maximum atomic E-state index is 8.83. The predicted molar refractivity (Wildman–Crippen MR) is 56.1 cm³/mol. The van der Waals surface area contributed by atoms with Crippen LogP contribution in [-0.4, -0.2) is 48.6 Å². The maximum Gasteiger partial charge on any atom is 0.232 e. The molecule has 0 amide bonds. The van der Waals surface area contributed by atoms with Gasteiger partial charge in [-0.3, -0.25) is 4.98 Å². The fraction of sp³-hybridized carbons (Fsp3) is 0.600. The first kappa shape index (κ1) is 12.8. The lowest BCUT2D eigenvalue weighted by Crippen LogP contribution is -2.11. The largest absolute Gasteiger partial charge is 0.474 e. The molecule has 1 heterocycles. The van der Waals surface area contributed by atoms with Gasteiger partial charge in [0, 0.05) is 7.11 Å². The van der Waals surface area contributed by atoms with E-state index in [1.807, 2.05) is 0 Å². The van der Waals surface area contributed by atoms with Crippen molar-refractivity contribution in [2.75, 3.05) is 33.5 Å². The van der Waals surface area contributed by atoms with Crippen molar-refractivity contribution in [1.82, 2.24) is 9.97 Å². The summed E-state index contributed by atoms with van der Waals surface area (Å²) in [5, 5.41) is 8.83. The molecular weight excluding hydrogens is 212 g/mol. The summed E-state index contributed by atoms with van der Waals surface area (Å²) in [4.78, 5) is 7.89. The van der Waals surface area contributed by atoms with E-state index in [-0.39, 0.29) is 6.61 Å². The molecule has 0 aliphatic rings. The SMILES string of the molecule is COCCOCCOc1cncc(CO)n1. The lowest BCUT2D eigenvalue weighted by molar-refractivity contribution is 0.0535. The molecule has 0 saturated carbocycles. The van der Waals surface area contributed by atoms with Crippen LogP contribution in [0, 0.1) is 0 Å². The first-order valence-corrected chi connectivity index (χ1v) is 4.98. The van der Waals surface area contributed by atoms with Crippen molar-refractivity contribution in [3.63, 3.8) is 0 Å².